The van der Waals surface area contributed by atoms with E-state index in [4.69, 9.17) is 0 Å². The van der Waals surface area contributed by atoms with Crippen LogP contribution in [0.2, 0.25) is 0 Å². The van der Waals surface area contributed by atoms with Crippen molar-refractivity contribution in [2.75, 3.05) is 22.7 Å². The molecule has 0 aliphatic carbocycles. The largest absolute Gasteiger partial charge is 0.379 e. The summed E-state index contributed by atoms with van der Waals surface area (Å²) in [4.78, 5) is 7.75. The van der Waals surface area contributed by atoms with E-state index in [-0.39, 0.29) is 12.4 Å². The lowest BCUT2D eigenvalue weighted by Crippen LogP contribution is -2.40. The van der Waals surface area contributed by atoms with Crippen molar-refractivity contribution >= 4 is 21.5 Å². The summed E-state index contributed by atoms with van der Waals surface area (Å²) in [5, 5.41) is 2.97. The molecular formula is C13H12F2N4O2S. The Labute approximate surface area is 125 Å². The molecule has 2 heterocycles. The van der Waals surface area contributed by atoms with Gasteiger partial charge in [-0.05, 0) is 12.1 Å². The zero-order valence-electron chi connectivity index (χ0n) is 11.3. The summed E-state index contributed by atoms with van der Waals surface area (Å²) in [6.07, 6.45) is 2.67. The highest BCUT2D eigenvalue weighted by Crippen LogP contribution is 2.29. The number of benzene rings is 1. The quantitative estimate of drug-likeness (QED) is 0.925. The number of nitrogens with zero attached hydrogens (tertiary/aromatic N) is 3. The number of rotatable bonds is 3. The first kappa shape index (κ1) is 14.6. The molecule has 1 aliphatic rings. The Balaban J connectivity index is 1.98. The van der Waals surface area contributed by atoms with E-state index in [1.54, 1.807) is 0 Å². The number of fused-ring (bicyclic) bond motifs is 1. The van der Waals surface area contributed by atoms with E-state index < -0.39 is 33.0 Å². The summed E-state index contributed by atoms with van der Waals surface area (Å²) in [6.45, 7) is 0.488. The summed E-state index contributed by atoms with van der Waals surface area (Å²) in [5.74, 6) is -2.36. The van der Waals surface area contributed by atoms with E-state index in [0.29, 0.717) is 12.2 Å². The fourth-order valence-corrected chi connectivity index (χ4v) is 3.82. The maximum Gasteiger partial charge on any atom is 0.240 e. The van der Waals surface area contributed by atoms with E-state index in [1.165, 1.54) is 18.6 Å². The molecule has 0 amide bonds. The minimum absolute atomic E-state index is 0.127. The Kier molecular flexibility index (Phi) is 3.65. The molecule has 0 unspecified atom stereocenters. The number of hydrogen-bond donors (Lipinski definition) is 1. The van der Waals surface area contributed by atoms with Gasteiger partial charge >= 0.3 is 0 Å². The molecule has 116 valence electrons. The molecular weight excluding hydrogens is 314 g/mol. The van der Waals surface area contributed by atoms with E-state index in [0.717, 1.165) is 16.4 Å². The zero-order valence-corrected chi connectivity index (χ0v) is 12.1. The van der Waals surface area contributed by atoms with Crippen molar-refractivity contribution in [1.29, 1.82) is 0 Å². The van der Waals surface area contributed by atoms with Crippen LogP contribution in [0.15, 0.2) is 30.7 Å². The van der Waals surface area contributed by atoms with Gasteiger partial charge in [-0.3, -0.25) is 0 Å². The van der Waals surface area contributed by atoms with Crippen LogP contribution in [0.1, 0.15) is 5.56 Å². The van der Waals surface area contributed by atoms with Gasteiger partial charge in [0, 0.05) is 12.1 Å². The van der Waals surface area contributed by atoms with Gasteiger partial charge in [-0.25, -0.2) is 31.5 Å². The monoisotopic (exact) mass is 326 g/mol. The average Bonchev–Trinajstić information content (AvgIpc) is 2.50. The Hall–Kier alpha value is -2.29. The van der Waals surface area contributed by atoms with Gasteiger partial charge in [0.05, 0.1) is 18.4 Å². The predicted octanol–water partition coefficient (Wildman–Crippen LogP) is 1.52. The number of nitrogens with one attached hydrogen (secondary N) is 1. The van der Waals surface area contributed by atoms with Crippen LogP contribution in [0.4, 0.5) is 20.3 Å². The van der Waals surface area contributed by atoms with Gasteiger partial charge in [0.15, 0.2) is 5.82 Å². The molecule has 0 radical (unpaired) electrons. The third-order valence-electron chi connectivity index (χ3n) is 3.28. The second-order valence-corrected chi connectivity index (χ2v) is 6.61. The molecule has 1 aromatic heterocycles. The minimum Gasteiger partial charge on any atom is -0.379 e. The second kappa shape index (κ2) is 5.48. The van der Waals surface area contributed by atoms with Crippen molar-refractivity contribution in [1.82, 2.24) is 9.97 Å². The molecule has 1 aromatic carbocycles. The van der Waals surface area contributed by atoms with Gasteiger partial charge < -0.3 is 5.32 Å². The molecule has 0 spiro atoms. The number of halogens is 2. The van der Waals surface area contributed by atoms with Crippen LogP contribution in [0, 0.1) is 11.6 Å². The number of sulfonamides is 1. The molecule has 0 atom stereocenters. The summed E-state index contributed by atoms with van der Waals surface area (Å²) >= 11 is 0. The highest BCUT2D eigenvalue weighted by Gasteiger charge is 2.30. The standard InChI is InChI=1S/C13H12F2N4O2S/c14-10-2-1-3-11(15)9(10)7-22(20,21)19-5-4-17-12-6-16-8-18-13(12)19/h1-3,6,8,17H,4-5,7H2. The van der Waals surface area contributed by atoms with E-state index in [1.807, 2.05) is 0 Å². The molecule has 1 aliphatic heterocycles. The van der Waals surface area contributed by atoms with Crippen LogP contribution in [0.3, 0.4) is 0 Å². The summed E-state index contributed by atoms with van der Waals surface area (Å²) < 4.78 is 53.5. The molecule has 1 N–H and O–H groups in total. The third-order valence-corrected chi connectivity index (χ3v) is 4.96. The van der Waals surface area contributed by atoms with Gasteiger partial charge in [0.25, 0.3) is 0 Å². The summed E-state index contributed by atoms with van der Waals surface area (Å²) in [7, 11) is -3.97. The molecule has 0 saturated heterocycles. The Bertz CT molecular complexity index is 793. The van der Waals surface area contributed by atoms with Crippen LogP contribution >= 0.6 is 0 Å². The molecule has 0 bridgehead atoms. The van der Waals surface area contributed by atoms with Crippen LogP contribution in [0.25, 0.3) is 0 Å². The maximum absolute atomic E-state index is 13.7. The van der Waals surface area contributed by atoms with Gasteiger partial charge in [-0.15, -0.1) is 0 Å². The number of aromatic nitrogens is 2. The van der Waals surface area contributed by atoms with Crippen molar-refractivity contribution in [3.63, 3.8) is 0 Å². The van der Waals surface area contributed by atoms with Crippen molar-refractivity contribution in [3.05, 3.63) is 47.9 Å². The Morgan fingerprint density at radius 1 is 1.27 bits per heavy atom. The molecule has 2 aromatic rings. The molecule has 9 heteroatoms. The van der Waals surface area contributed by atoms with Crippen molar-refractivity contribution in [2.45, 2.75) is 5.75 Å². The highest BCUT2D eigenvalue weighted by atomic mass is 32.2. The Morgan fingerprint density at radius 3 is 2.73 bits per heavy atom. The summed E-state index contributed by atoms with van der Waals surface area (Å²) in [5.41, 5.74) is -0.0111. The fraction of sp³-hybridized carbons (Fsp3) is 0.231. The molecule has 6 nitrogen and oxygen atoms in total. The first-order chi connectivity index (χ1) is 10.5. The molecule has 3 rings (SSSR count). The number of anilines is 2. The normalized spacial score (nSPS) is 14.4. The highest BCUT2D eigenvalue weighted by molar-refractivity contribution is 7.92. The smallest absolute Gasteiger partial charge is 0.240 e. The van der Waals surface area contributed by atoms with E-state index in [2.05, 4.69) is 15.3 Å². The van der Waals surface area contributed by atoms with Crippen molar-refractivity contribution in [2.24, 2.45) is 0 Å². The van der Waals surface area contributed by atoms with Gasteiger partial charge in [-0.1, -0.05) is 6.07 Å². The molecule has 22 heavy (non-hydrogen) atoms. The van der Waals surface area contributed by atoms with Crippen molar-refractivity contribution in [3.8, 4) is 0 Å². The third kappa shape index (κ3) is 2.59. The van der Waals surface area contributed by atoms with Gasteiger partial charge in [-0.2, -0.15) is 0 Å². The maximum atomic E-state index is 13.7. The number of hydrogen-bond acceptors (Lipinski definition) is 5. The van der Waals surface area contributed by atoms with E-state index in [9.17, 15) is 17.2 Å². The fourth-order valence-electron chi connectivity index (χ4n) is 2.25. The lowest BCUT2D eigenvalue weighted by atomic mass is 10.2. The van der Waals surface area contributed by atoms with Crippen LogP contribution < -0.4 is 9.62 Å². The zero-order chi connectivity index (χ0) is 15.7. The predicted molar refractivity (Wildman–Crippen MR) is 76.8 cm³/mol. The lowest BCUT2D eigenvalue weighted by molar-refractivity contribution is 0.554. The SMILES string of the molecule is O=S(=O)(Cc1c(F)cccc1F)N1CCNc2cncnc21. The minimum atomic E-state index is -3.97. The van der Waals surface area contributed by atoms with Crippen LogP contribution in [-0.4, -0.2) is 31.5 Å². The topological polar surface area (TPSA) is 75.2 Å². The first-order valence-electron chi connectivity index (χ1n) is 6.46. The second-order valence-electron chi connectivity index (χ2n) is 4.72. The first-order valence-corrected chi connectivity index (χ1v) is 8.07. The van der Waals surface area contributed by atoms with Gasteiger partial charge in [0.1, 0.15) is 23.7 Å². The summed E-state index contributed by atoms with van der Waals surface area (Å²) in [6, 6.07) is 3.25. The lowest BCUT2D eigenvalue weighted by Gasteiger charge is -2.29. The van der Waals surface area contributed by atoms with Crippen LogP contribution in [-0.2, 0) is 15.8 Å². The molecule has 0 saturated carbocycles. The molecule has 0 fully saturated rings. The van der Waals surface area contributed by atoms with Crippen LogP contribution in [0.5, 0.6) is 0 Å². The van der Waals surface area contributed by atoms with Gasteiger partial charge in [0.2, 0.25) is 10.0 Å². The Morgan fingerprint density at radius 2 is 2.00 bits per heavy atom. The van der Waals surface area contributed by atoms with Crippen molar-refractivity contribution < 1.29 is 17.2 Å². The van der Waals surface area contributed by atoms with E-state index >= 15 is 0 Å². The average molecular weight is 326 g/mol.